The van der Waals surface area contributed by atoms with Gasteiger partial charge in [-0.05, 0) is 0 Å². The van der Waals surface area contributed by atoms with Crippen molar-refractivity contribution in [2.75, 3.05) is 12.3 Å². The molecule has 2 fully saturated rings. The molecule has 0 radical (unpaired) electrons. The lowest BCUT2D eigenvalue weighted by molar-refractivity contribution is 0.706. The summed E-state index contributed by atoms with van der Waals surface area (Å²) in [5.41, 5.74) is 0. The van der Waals surface area contributed by atoms with Crippen molar-refractivity contribution in [3.63, 3.8) is 0 Å². The summed E-state index contributed by atoms with van der Waals surface area (Å²) >= 11 is 1.93. The van der Waals surface area contributed by atoms with Crippen molar-refractivity contribution >= 4 is 38.1 Å². The van der Waals surface area contributed by atoms with E-state index in [2.05, 4.69) is 18.6 Å². The maximum atomic E-state index is 3.40. The fourth-order valence-electron chi connectivity index (χ4n) is 0.663. The van der Waals surface area contributed by atoms with Gasteiger partial charge in [-0.1, -0.05) is 11.9 Å². The standard InChI is InChI=1S/C2H9N4P3S/c1-2-10-6(1)9-4-7-3-8-5-9/h3-5,7-8H,1-2H2. The number of hydrogen-bond acceptors (Lipinski definition) is 5. The fourth-order valence-corrected chi connectivity index (χ4v) is 7.07. The van der Waals surface area contributed by atoms with E-state index in [1.807, 2.05) is 11.9 Å². The van der Waals surface area contributed by atoms with Crippen LogP contribution in [0.3, 0.4) is 0 Å². The van der Waals surface area contributed by atoms with E-state index in [9.17, 15) is 0 Å². The summed E-state index contributed by atoms with van der Waals surface area (Å²) in [5, 5.41) is 0. The van der Waals surface area contributed by atoms with Crippen LogP contribution in [0.1, 0.15) is 0 Å². The largest absolute Gasteiger partial charge is 0.254 e. The molecule has 2 unspecified atom stereocenters. The third kappa shape index (κ3) is 1.80. The molecule has 2 rings (SSSR count). The molecule has 58 valence electrons. The molecule has 0 bridgehead atoms. The zero-order valence-electron chi connectivity index (χ0n) is 5.22. The molecule has 0 aromatic heterocycles. The quantitative estimate of drug-likeness (QED) is 0.448. The van der Waals surface area contributed by atoms with Crippen molar-refractivity contribution in [1.29, 1.82) is 0 Å². The van der Waals surface area contributed by atoms with Gasteiger partial charge in [-0.15, -0.1) is 0 Å². The second-order valence-corrected chi connectivity index (χ2v) is 7.59. The van der Waals surface area contributed by atoms with Crippen LogP contribution in [0.4, 0.5) is 0 Å². The molecule has 2 atom stereocenters. The minimum Gasteiger partial charge on any atom is -0.254 e. The van der Waals surface area contributed by atoms with Crippen molar-refractivity contribution < 1.29 is 0 Å². The molecule has 2 aliphatic rings. The first-order valence-electron chi connectivity index (χ1n) is 2.93. The highest BCUT2D eigenvalue weighted by Gasteiger charge is 2.26. The topological polar surface area (TPSA) is 39.3 Å². The van der Waals surface area contributed by atoms with Crippen molar-refractivity contribution in [3.8, 4) is 0 Å². The Morgan fingerprint density at radius 2 is 2.10 bits per heavy atom. The number of hydrogen-bond donors (Lipinski definition) is 3. The van der Waals surface area contributed by atoms with Gasteiger partial charge in [-0.25, -0.2) is 13.8 Å². The number of nitrogens with one attached hydrogen (secondary N) is 3. The lowest BCUT2D eigenvalue weighted by atomic mass is 10.8. The highest BCUT2D eigenvalue weighted by Crippen LogP contribution is 2.49. The molecule has 0 amide bonds. The Balaban J connectivity index is 1.78. The number of rotatable bonds is 1. The molecular weight excluding hydrogens is 205 g/mol. The molecule has 8 heteroatoms. The molecule has 2 heterocycles. The lowest BCUT2D eigenvalue weighted by Gasteiger charge is -2.38. The maximum absolute atomic E-state index is 3.40. The maximum Gasteiger partial charge on any atom is 0.133 e. The van der Waals surface area contributed by atoms with E-state index in [1.165, 1.54) is 12.3 Å². The van der Waals surface area contributed by atoms with Gasteiger partial charge in [0.2, 0.25) is 0 Å². The van der Waals surface area contributed by atoms with Crippen molar-refractivity contribution in [3.05, 3.63) is 0 Å². The average molecular weight is 214 g/mol. The van der Waals surface area contributed by atoms with E-state index in [4.69, 9.17) is 0 Å². The van der Waals surface area contributed by atoms with Crippen LogP contribution in [0, 0.1) is 0 Å². The molecule has 2 aliphatic heterocycles. The van der Waals surface area contributed by atoms with E-state index in [-0.39, 0.29) is 8.37 Å². The predicted molar refractivity (Wildman–Crippen MR) is 52.1 cm³/mol. The van der Waals surface area contributed by atoms with Crippen molar-refractivity contribution in [2.45, 2.75) is 0 Å². The highest BCUT2D eigenvalue weighted by molar-refractivity contribution is 8.03. The number of nitrogens with zero attached hydrogens (tertiary/aromatic N) is 1. The molecule has 3 N–H and O–H groups in total. The fraction of sp³-hybridized carbons (Fsp3) is 1.00. The van der Waals surface area contributed by atoms with E-state index in [0.717, 1.165) is 17.8 Å². The van der Waals surface area contributed by atoms with E-state index in [0.29, 0.717) is 0 Å². The van der Waals surface area contributed by atoms with Crippen LogP contribution in [0.15, 0.2) is 0 Å². The Kier molecular flexibility index (Phi) is 3.18. The molecule has 0 aliphatic carbocycles. The van der Waals surface area contributed by atoms with Crippen LogP contribution in [0.5, 0.6) is 0 Å². The van der Waals surface area contributed by atoms with Gasteiger partial charge in [0.1, 0.15) is 8.37 Å². The van der Waals surface area contributed by atoms with Crippen LogP contribution in [-0.2, 0) is 0 Å². The summed E-state index contributed by atoms with van der Waals surface area (Å²) in [6.07, 6.45) is 0. The Morgan fingerprint density at radius 1 is 1.40 bits per heavy atom. The summed E-state index contributed by atoms with van der Waals surface area (Å²) in [7, 11) is 1.28. The van der Waals surface area contributed by atoms with Gasteiger partial charge in [0.05, 0.1) is 0 Å². The van der Waals surface area contributed by atoms with Gasteiger partial charge in [0.25, 0.3) is 0 Å². The van der Waals surface area contributed by atoms with Gasteiger partial charge in [-0.2, -0.15) is 0 Å². The normalized spacial score (nSPS) is 40.2. The first-order chi connectivity index (χ1) is 4.97. The third-order valence-corrected chi connectivity index (χ3v) is 7.11. The van der Waals surface area contributed by atoms with Gasteiger partial charge < -0.3 is 0 Å². The van der Waals surface area contributed by atoms with E-state index < -0.39 is 0 Å². The molecule has 10 heavy (non-hydrogen) atoms. The Morgan fingerprint density at radius 3 is 2.60 bits per heavy atom. The minimum absolute atomic E-state index is 0.188. The molecule has 0 spiro atoms. The van der Waals surface area contributed by atoms with Gasteiger partial charge in [-0.3, -0.25) is 4.86 Å². The zero-order chi connectivity index (χ0) is 6.81. The van der Waals surface area contributed by atoms with Crippen LogP contribution < -0.4 is 14.6 Å². The predicted octanol–water partition coefficient (Wildman–Crippen LogP) is 0.976. The molecule has 0 saturated carbocycles. The minimum atomic E-state index is -0.188. The van der Waals surface area contributed by atoms with E-state index >= 15 is 0 Å². The Labute approximate surface area is 69.5 Å². The van der Waals surface area contributed by atoms with Crippen LogP contribution in [0.2, 0.25) is 0 Å². The Bertz CT molecular complexity index is 115. The molecule has 0 aromatic carbocycles. The van der Waals surface area contributed by atoms with Crippen LogP contribution in [-0.4, -0.2) is 16.4 Å². The smallest absolute Gasteiger partial charge is 0.133 e. The summed E-state index contributed by atoms with van der Waals surface area (Å²) in [4.78, 5) is 10.0. The van der Waals surface area contributed by atoms with Crippen molar-refractivity contribution in [2.24, 2.45) is 0 Å². The zero-order valence-corrected chi connectivity index (χ0v) is 8.93. The Hall–Kier alpha value is 1.48. The lowest BCUT2D eigenvalue weighted by Crippen LogP contribution is -2.33. The van der Waals surface area contributed by atoms with Gasteiger partial charge in [0, 0.05) is 30.1 Å². The van der Waals surface area contributed by atoms with Crippen LogP contribution in [0.25, 0.3) is 0 Å². The molecule has 4 nitrogen and oxygen atoms in total. The summed E-state index contributed by atoms with van der Waals surface area (Å²) in [6, 6.07) is 0. The first kappa shape index (κ1) is 8.10. The van der Waals surface area contributed by atoms with E-state index in [1.54, 1.807) is 0 Å². The van der Waals surface area contributed by atoms with Gasteiger partial charge in [0.15, 0.2) is 0 Å². The summed E-state index contributed by atoms with van der Waals surface area (Å²) in [6.45, 7) is 1.24. The molecule has 0 aromatic rings. The second kappa shape index (κ2) is 3.93. The summed E-state index contributed by atoms with van der Waals surface area (Å²) < 4.78 is 2.40. The second-order valence-electron chi connectivity index (χ2n) is 1.82. The third-order valence-electron chi connectivity index (χ3n) is 1.19. The first-order valence-corrected chi connectivity index (χ1v) is 7.17. The molecular formula is C2H9N4P3S. The monoisotopic (exact) mass is 214 g/mol. The van der Waals surface area contributed by atoms with Crippen molar-refractivity contribution in [1.82, 2.24) is 18.6 Å². The SMILES string of the molecule is C1CN(P2NPNPN2)S1. The summed E-state index contributed by atoms with van der Waals surface area (Å²) in [5.74, 6) is 1.29. The highest BCUT2D eigenvalue weighted by atomic mass is 32.2. The molecule has 2 saturated heterocycles. The average Bonchev–Trinajstić information content (AvgIpc) is 1.86. The van der Waals surface area contributed by atoms with Gasteiger partial charge >= 0.3 is 0 Å². The van der Waals surface area contributed by atoms with Crippen LogP contribution >= 0.6 is 38.1 Å².